The molecule has 0 fully saturated rings. The van der Waals surface area contributed by atoms with E-state index in [1.165, 1.54) is 0 Å². The van der Waals surface area contributed by atoms with Crippen molar-refractivity contribution >= 4 is 17.6 Å². The number of carbonyl (C=O) groups is 2. The summed E-state index contributed by atoms with van der Waals surface area (Å²) in [4.78, 5) is 24.0. The third-order valence-corrected chi connectivity index (χ3v) is 4.04. The van der Waals surface area contributed by atoms with Crippen LogP contribution in [0.4, 0.5) is 14.5 Å². The number of esters is 1. The average Bonchev–Trinajstić information content (AvgIpc) is 2.95. The summed E-state index contributed by atoms with van der Waals surface area (Å²) in [6.07, 6.45) is 0. The van der Waals surface area contributed by atoms with Gasteiger partial charge in [-0.25, -0.2) is 18.3 Å². The van der Waals surface area contributed by atoms with Crippen LogP contribution < -0.4 is 5.32 Å². The van der Waals surface area contributed by atoms with Gasteiger partial charge in [0.2, 0.25) is 0 Å². The molecule has 2 aromatic carbocycles. The van der Waals surface area contributed by atoms with E-state index >= 15 is 0 Å². The summed E-state index contributed by atoms with van der Waals surface area (Å²) in [5.74, 6) is -3.52. The van der Waals surface area contributed by atoms with Crippen molar-refractivity contribution in [3.8, 4) is 5.69 Å². The molecule has 0 bridgehead atoms. The minimum atomic E-state index is -1.05. The molecule has 1 heterocycles. The number of nitrogens with one attached hydrogen (secondary N) is 1. The van der Waals surface area contributed by atoms with Crippen LogP contribution in [0.3, 0.4) is 0 Å². The molecule has 0 aliphatic carbocycles. The first-order valence-corrected chi connectivity index (χ1v) is 8.40. The van der Waals surface area contributed by atoms with E-state index in [4.69, 9.17) is 4.74 Å². The van der Waals surface area contributed by atoms with Crippen molar-refractivity contribution in [2.45, 2.75) is 13.8 Å². The molecule has 1 amide bonds. The normalized spacial score (nSPS) is 10.6. The standard InChI is InChI=1S/C20H17F2N3O3/c1-12-19(13(2)25(24-12)15-6-4-3-5-7-15)23-18(26)11-28-20(27)16-9-8-14(21)10-17(16)22/h3-10H,11H2,1-2H3,(H,23,26). The molecule has 3 aromatic rings. The zero-order chi connectivity index (χ0) is 20.3. The van der Waals surface area contributed by atoms with E-state index in [1.807, 2.05) is 30.3 Å². The van der Waals surface area contributed by atoms with Crippen molar-refractivity contribution in [1.82, 2.24) is 9.78 Å². The zero-order valence-corrected chi connectivity index (χ0v) is 15.2. The summed E-state index contributed by atoms with van der Waals surface area (Å²) in [6.45, 7) is 2.91. The van der Waals surface area contributed by atoms with Crippen molar-refractivity contribution in [3.05, 3.63) is 77.1 Å². The number of aromatic nitrogens is 2. The highest BCUT2D eigenvalue weighted by Gasteiger charge is 2.18. The molecule has 8 heteroatoms. The maximum Gasteiger partial charge on any atom is 0.341 e. The minimum absolute atomic E-state index is 0.446. The molecular weight excluding hydrogens is 368 g/mol. The van der Waals surface area contributed by atoms with Crippen molar-refractivity contribution < 1.29 is 23.1 Å². The number of anilines is 1. The zero-order valence-electron chi connectivity index (χ0n) is 15.2. The van der Waals surface area contributed by atoms with Crippen LogP contribution in [0.1, 0.15) is 21.7 Å². The van der Waals surface area contributed by atoms with Crippen molar-refractivity contribution in [2.24, 2.45) is 0 Å². The lowest BCUT2D eigenvalue weighted by Gasteiger charge is -2.08. The maximum atomic E-state index is 13.6. The number of nitrogens with zero attached hydrogens (tertiary/aromatic N) is 2. The number of carbonyl (C=O) groups excluding carboxylic acids is 2. The van der Waals surface area contributed by atoms with Gasteiger partial charge in [-0.1, -0.05) is 18.2 Å². The summed E-state index contributed by atoms with van der Waals surface area (Å²) in [7, 11) is 0. The quantitative estimate of drug-likeness (QED) is 0.682. The third-order valence-electron chi connectivity index (χ3n) is 4.04. The lowest BCUT2D eigenvalue weighted by molar-refractivity contribution is -0.119. The molecule has 0 aliphatic heterocycles. The number of benzene rings is 2. The summed E-state index contributed by atoms with van der Waals surface area (Å²) in [6, 6.07) is 11.9. The van der Waals surface area contributed by atoms with Crippen LogP contribution >= 0.6 is 0 Å². The van der Waals surface area contributed by atoms with E-state index < -0.39 is 35.7 Å². The number of para-hydroxylation sites is 1. The van der Waals surface area contributed by atoms with E-state index in [0.29, 0.717) is 23.1 Å². The highest BCUT2D eigenvalue weighted by atomic mass is 19.1. The molecule has 0 saturated heterocycles. The fourth-order valence-corrected chi connectivity index (χ4v) is 2.68. The van der Waals surface area contributed by atoms with Crippen LogP contribution in [0.2, 0.25) is 0 Å². The van der Waals surface area contributed by atoms with Crippen molar-refractivity contribution in [1.29, 1.82) is 0 Å². The second-order valence-electron chi connectivity index (χ2n) is 6.04. The summed E-state index contributed by atoms with van der Waals surface area (Å²) in [5, 5.41) is 7.05. The van der Waals surface area contributed by atoms with Gasteiger partial charge in [-0.3, -0.25) is 4.79 Å². The van der Waals surface area contributed by atoms with Crippen LogP contribution in [0.25, 0.3) is 5.69 Å². The Hall–Kier alpha value is -3.55. The van der Waals surface area contributed by atoms with Gasteiger partial charge in [0.05, 0.1) is 28.3 Å². The largest absolute Gasteiger partial charge is 0.452 e. The number of aryl methyl sites for hydroxylation is 1. The molecule has 0 radical (unpaired) electrons. The van der Waals surface area contributed by atoms with E-state index in [0.717, 1.165) is 17.8 Å². The molecular formula is C20H17F2N3O3. The van der Waals surface area contributed by atoms with Gasteiger partial charge >= 0.3 is 5.97 Å². The first-order valence-electron chi connectivity index (χ1n) is 8.40. The predicted octanol–water partition coefficient (Wildman–Crippen LogP) is 3.56. The molecule has 28 heavy (non-hydrogen) atoms. The topological polar surface area (TPSA) is 73.2 Å². The van der Waals surface area contributed by atoms with E-state index in [1.54, 1.807) is 18.5 Å². The molecule has 144 valence electrons. The van der Waals surface area contributed by atoms with Gasteiger partial charge in [-0.2, -0.15) is 5.10 Å². The molecule has 1 N–H and O–H groups in total. The monoisotopic (exact) mass is 385 g/mol. The van der Waals surface area contributed by atoms with E-state index in [2.05, 4.69) is 10.4 Å². The van der Waals surface area contributed by atoms with E-state index in [9.17, 15) is 18.4 Å². The fraction of sp³-hybridized carbons (Fsp3) is 0.150. The number of hydrogen-bond donors (Lipinski definition) is 1. The minimum Gasteiger partial charge on any atom is -0.452 e. The maximum absolute atomic E-state index is 13.6. The summed E-state index contributed by atoms with van der Waals surface area (Å²) >= 11 is 0. The average molecular weight is 385 g/mol. The lowest BCUT2D eigenvalue weighted by atomic mass is 10.2. The Balaban J connectivity index is 1.67. The van der Waals surface area contributed by atoms with Gasteiger partial charge in [0.25, 0.3) is 5.91 Å². The number of halogens is 2. The smallest absolute Gasteiger partial charge is 0.341 e. The Kier molecular flexibility index (Phi) is 5.49. The predicted molar refractivity (Wildman–Crippen MR) is 98.3 cm³/mol. The lowest BCUT2D eigenvalue weighted by Crippen LogP contribution is -2.22. The molecule has 0 spiro atoms. The molecule has 0 unspecified atom stereocenters. The molecule has 0 atom stereocenters. The SMILES string of the molecule is Cc1nn(-c2ccccc2)c(C)c1NC(=O)COC(=O)c1ccc(F)cc1F. The summed E-state index contributed by atoms with van der Waals surface area (Å²) < 4.78 is 33.0. The van der Waals surface area contributed by atoms with Gasteiger partial charge in [0.1, 0.15) is 11.6 Å². The highest BCUT2D eigenvalue weighted by molar-refractivity contribution is 5.96. The van der Waals surface area contributed by atoms with Crippen LogP contribution in [-0.2, 0) is 9.53 Å². The fourth-order valence-electron chi connectivity index (χ4n) is 2.68. The first kappa shape index (κ1) is 19.2. The third kappa shape index (κ3) is 4.06. The summed E-state index contributed by atoms with van der Waals surface area (Å²) in [5.41, 5.74) is 2.18. The Labute approximate surface area is 159 Å². The second kappa shape index (κ2) is 7.99. The molecule has 1 aromatic heterocycles. The van der Waals surface area contributed by atoms with Crippen LogP contribution in [0.5, 0.6) is 0 Å². The van der Waals surface area contributed by atoms with Crippen molar-refractivity contribution in [3.63, 3.8) is 0 Å². The number of hydrogen-bond acceptors (Lipinski definition) is 4. The van der Waals surface area contributed by atoms with Gasteiger partial charge in [0, 0.05) is 6.07 Å². The Morgan fingerprint density at radius 1 is 1.11 bits per heavy atom. The van der Waals surface area contributed by atoms with Crippen LogP contribution in [0.15, 0.2) is 48.5 Å². The Morgan fingerprint density at radius 2 is 1.82 bits per heavy atom. The van der Waals surface area contributed by atoms with Gasteiger partial charge in [-0.05, 0) is 38.1 Å². The molecule has 0 aliphatic rings. The van der Waals surface area contributed by atoms with Gasteiger partial charge in [0.15, 0.2) is 6.61 Å². The Bertz CT molecular complexity index is 1030. The highest BCUT2D eigenvalue weighted by Crippen LogP contribution is 2.22. The molecule has 3 rings (SSSR count). The van der Waals surface area contributed by atoms with Gasteiger partial charge in [-0.15, -0.1) is 0 Å². The second-order valence-corrected chi connectivity index (χ2v) is 6.04. The molecule has 6 nitrogen and oxygen atoms in total. The number of rotatable bonds is 5. The first-order chi connectivity index (χ1) is 13.4. The Morgan fingerprint density at radius 3 is 2.50 bits per heavy atom. The molecule has 0 saturated carbocycles. The number of ether oxygens (including phenoxy) is 1. The van der Waals surface area contributed by atoms with E-state index in [-0.39, 0.29) is 0 Å². The van der Waals surface area contributed by atoms with Crippen LogP contribution in [-0.4, -0.2) is 28.3 Å². The van der Waals surface area contributed by atoms with Crippen molar-refractivity contribution in [2.75, 3.05) is 11.9 Å². The van der Waals surface area contributed by atoms with Gasteiger partial charge < -0.3 is 10.1 Å². The van der Waals surface area contributed by atoms with Crippen LogP contribution in [0, 0.1) is 25.5 Å². The number of amides is 1.